The highest BCUT2D eigenvalue weighted by Crippen LogP contribution is 2.27. The molecule has 1 aromatic carbocycles. The molecule has 2 N–H and O–H groups in total. The lowest BCUT2D eigenvalue weighted by molar-refractivity contribution is 0.458. The predicted molar refractivity (Wildman–Crippen MR) is 67.4 cm³/mol. The minimum atomic E-state index is 0.439. The van der Waals surface area contributed by atoms with Crippen molar-refractivity contribution in [1.82, 2.24) is 9.97 Å². The Balaban J connectivity index is 2.25. The number of hydrogen-bond donors (Lipinski definition) is 1. The minimum Gasteiger partial charge on any atom is -0.437 e. The average molecular weight is 250 g/mol. The molecule has 0 unspecified atom stereocenters. The Morgan fingerprint density at radius 1 is 1.24 bits per heavy atom. The molecule has 0 aliphatic heterocycles. The summed E-state index contributed by atoms with van der Waals surface area (Å²) >= 11 is 5.90. The molecule has 88 valence electrons. The van der Waals surface area contributed by atoms with Gasteiger partial charge in [0.25, 0.3) is 0 Å². The van der Waals surface area contributed by atoms with E-state index in [4.69, 9.17) is 22.1 Å². The molecule has 0 saturated carbocycles. The van der Waals surface area contributed by atoms with Gasteiger partial charge in [-0.25, -0.2) is 4.98 Å². The van der Waals surface area contributed by atoms with Crippen molar-refractivity contribution in [2.45, 2.75) is 13.8 Å². The van der Waals surface area contributed by atoms with Crippen LogP contribution in [0.5, 0.6) is 11.6 Å². The first-order valence-corrected chi connectivity index (χ1v) is 5.47. The maximum Gasteiger partial charge on any atom is 0.238 e. The van der Waals surface area contributed by atoms with Crippen molar-refractivity contribution < 1.29 is 4.74 Å². The first-order chi connectivity index (χ1) is 8.06. The van der Waals surface area contributed by atoms with E-state index in [0.717, 1.165) is 11.4 Å². The van der Waals surface area contributed by atoms with Crippen molar-refractivity contribution in [3.8, 4) is 11.6 Å². The van der Waals surface area contributed by atoms with Gasteiger partial charge < -0.3 is 10.5 Å². The molecule has 1 aromatic heterocycles. The second-order valence-electron chi connectivity index (χ2n) is 3.66. The van der Waals surface area contributed by atoms with Crippen LogP contribution in [0, 0.1) is 13.8 Å². The topological polar surface area (TPSA) is 61.0 Å². The molecule has 0 radical (unpaired) electrons. The number of ether oxygens (including phenoxy) is 1. The number of aromatic nitrogens is 2. The summed E-state index contributed by atoms with van der Waals surface area (Å²) in [5.74, 6) is 1.02. The van der Waals surface area contributed by atoms with E-state index in [2.05, 4.69) is 9.97 Å². The summed E-state index contributed by atoms with van der Waals surface area (Å²) in [5, 5.41) is 0.458. The standard InChI is InChI=1S/C12H12ClN3O/c1-7-8(2)16-12(6-15-7)17-9-3-4-11(14)10(13)5-9/h3-6H,14H2,1-2H3. The monoisotopic (exact) mass is 249 g/mol. The molecule has 0 saturated heterocycles. The van der Waals surface area contributed by atoms with E-state index >= 15 is 0 Å². The zero-order valence-corrected chi connectivity index (χ0v) is 10.3. The Morgan fingerprint density at radius 2 is 2.00 bits per heavy atom. The lowest BCUT2D eigenvalue weighted by Gasteiger charge is -2.07. The van der Waals surface area contributed by atoms with Crippen molar-refractivity contribution in [3.05, 3.63) is 40.8 Å². The van der Waals surface area contributed by atoms with Crippen molar-refractivity contribution in [1.29, 1.82) is 0 Å². The third kappa shape index (κ3) is 2.65. The maximum atomic E-state index is 5.90. The fourth-order valence-electron chi connectivity index (χ4n) is 1.26. The molecule has 2 aromatic rings. The number of benzene rings is 1. The van der Waals surface area contributed by atoms with E-state index < -0.39 is 0 Å². The summed E-state index contributed by atoms with van der Waals surface area (Å²) in [6.07, 6.45) is 1.58. The molecule has 17 heavy (non-hydrogen) atoms. The van der Waals surface area contributed by atoms with Crippen molar-refractivity contribution in [2.75, 3.05) is 5.73 Å². The fraction of sp³-hybridized carbons (Fsp3) is 0.167. The smallest absolute Gasteiger partial charge is 0.238 e. The predicted octanol–water partition coefficient (Wildman–Crippen LogP) is 3.12. The SMILES string of the molecule is Cc1ncc(Oc2ccc(N)c(Cl)c2)nc1C. The molecule has 0 aliphatic carbocycles. The Hall–Kier alpha value is -1.81. The highest BCUT2D eigenvalue weighted by molar-refractivity contribution is 6.33. The summed E-state index contributed by atoms with van der Waals surface area (Å²) in [7, 11) is 0. The van der Waals surface area contributed by atoms with Crippen LogP contribution < -0.4 is 10.5 Å². The maximum absolute atomic E-state index is 5.90. The van der Waals surface area contributed by atoms with E-state index in [0.29, 0.717) is 22.3 Å². The van der Waals surface area contributed by atoms with E-state index in [-0.39, 0.29) is 0 Å². The van der Waals surface area contributed by atoms with Gasteiger partial charge in [0.15, 0.2) is 0 Å². The Bertz CT molecular complexity index is 508. The van der Waals surface area contributed by atoms with Crippen LogP contribution in [0.25, 0.3) is 0 Å². The molecular formula is C12H12ClN3O. The number of aryl methyl sites for hydroxylation is 2. The van der Waals surface area contributed by atoms with Crippen molar-refractivity contribution in [2.24, 2.45) is 0 Å². The molecule has 0 fully saturated rings. The highest BCUT2D eigenvalue weighted by Gasteiger charge is 2.04. The van der Waals surface area contributed by atoms with Gasteiger partial charge in [0.2, 0.25) is 5.88 Å². The van der Waals surface area contributed by atoms with E-state index in [9.17, 15) is 0 Å². The molecule has 0 aliphatic rings. The van der Waals surface area contributed by atoms with Crippen LogP contribution >= 0.6 is 11.6 Å². The molecular weight excluding hydrogens is 238 g/mol. The van der Waals surface area contributed by atoms with Crippen LogP contribution in [-0.2, 0) is 0 Å². The molecule has 5 heteroatoms. The van der Waals surface area contributed by atoms with Gasteiger partial charge in [-0.2, -0.15) is 0 Å². The number of rotatable bonds is 2. The summed E-state index contributed by atoms with van der Waals surface area (Å²) in [6, 6.07) is 5.07. The summed E-state index contributed by atoms with van der Waals surface area (Å²) in [4.78, 5) is 8.43. The zero-order valence-electron chi connectivity index (χ0n) is 9.57. The zero-order chi connectivity index (χ0) is 12.4. The molecule has 0 atom stereocenters. The second kappa shape index (κ2) is 4.59. The van der Waals surface area contributed by atoms with Gasteiger partial charge in [0.05, 0.1) is 28.3 Å². The van der Waals surface area contributed by atoms with Gasteiger partial charge >= 0.3 is 0 Å². The number of nitrogen functional groups attached to an aromatic ring is 1. The number of nitrogens with two attached hydrogens (primary N) is 1. The van der Waals surface area contributed by atoms with Crippen LogP contribution in [0.1, 0.15) is 11.4 Å². The van der Waals surface area contributed by atoms with E-state index in [1.54, 1.807) is 24.4 Å². The third-order valence-corrected chi connectivity index (χ3v) is 2.69. The molecule has 4 nitrogen and oxygen atoms in total. The van der Waals surface area contributed by atoms with Gasteiger partial charge in [-0.3, -0.25) is 4.98 Å². The first kappa shape index (κ1) is 11.7. The molecule has 2 rings (SSSR count). The van der Waals surface area contributed by atoms with Crippen molar-refractivity contribution in [3.63, 3.8) is 0 Å². The molecule has 0 bridgehead atoms. The third-order valence-electron chi connectivity index (χ3n) is 2.36. The van der Waals surface area contributed by atoms with E-state index in [1.807, 2.05) is 13.8 Å². The summed E-state index contributed by atoms with van der Waals surface area (Å²) in [6.45, 7) is 3.78. The fourth-order valence-corrected chi connectivity index (χ4v) is 1.43. The Labute approximate surface area is 104 Å². The summed E-state index contributed by atoms with van der Waals surface area (Å²) in [5.41, 5.74) is 7.85. The normalized spacial score (nSPS) is 10.3. The first-order valence-electron chi connectivity index (χ1n) is 5.09. The van der Waals surface area contributed by atoms with Crippen LogP contribution in [0.2, 0.25) is 5.02 Å². The Kier molecular flexibility index (Phi) is 3.15. The van der Waals surface area contributed by atoms with E-state index in [1.165, 1.54) is 0 Å². The minimum absolute atomic E-state index is 0.439. The van der Waals surface area contributed by atoms with Crippen LogP contribution in [-0.4, -0.2) is 9.97 Å². The number of anilines is 1. The highest BCUT2D eigenvalue weighted by atomic mass is 35.5. The lowest BCUT2D eigenvalue weighted by Crippen LogP contribution is -1.95. The lowest BCUT2D eigenvalue weighted by atomic mass is 10.3. The molecule has 0 amide bonds. The number of hydrogen-bond acceptors (Lipinski definition) is 4. The van der Waals surface area contributed by atoms with Gasteiger partial charge in [0, 0.05) is 6.07 Å². The van der Waals surface area contributed by atoms with Crippen molar-refractivity contribution >= 4 is 17.3 Å². The number of nitrogens with zero attached hydrogens (tertiary/aromatic N) is 2. The largest absolute Gasteiger partial charge is 0.437 e. The van der Waals surface area contributed by atoms with Gasteiger partial charge in [0.1, 0.15) is 5.75 Å². The van der Waals surface area contributed by atoms with Gasteiger partial charge in [-0.1, -0.05) is 11.6 Å². The number of halogens is 1. The van der Waals surface area contributed by atoms with Crippen LogP contribution in [0.3, 0.4) is 0 Å². The average Bonchev–Trinajstić information content (AvgIpc) is 2.29. The second-order valence-corrected chi connectivity index (χ2v) is 4.07. The summed E-state index contributed by atoms with van der Waals surface area (Å²) < 4.78 is 5.54. The molecule has 1 heterocycles. The quantitative estimate of drug-likeness (QED) is 0.831. The Morgan fingerprint density at radius 3 is 2.65 bits per heavy atom. The molecule has 0 spiro atoms. The van der Waals surface area contributed by atoms with Crippen LogP contribution in [0.4, 0.5) is 5.69 Å². The van der Waals surface area contributed by atoms with Gasteiger partial charge in [-0.15, -0.1) is 0 Å². The van der Waals surface area contributed by atoms with Crippen LogP contribution in [0.15, 0.2) is 24.4 Å². The van der Waals surface area contributed by atoms with Gasteiger partial charge in [-0.05, 0) is 26.0 Å².